The number of nitrogens with one attached hydrogen (secondary N) is 1. The summed E-state index contributed by atoms with van der Waals surface area (Å²) >= 11 is 0. The minimum absolute atomic E-state index is 0.206. The first-order chi connectivity index (χ1) is 8.77. The van der Waals surface area contributed by atoms with Crippen LogP contribution in [-0.4, -0.2) is 41.2 Å². The van der Waals surface area contributed by atoms with Crippen molar-refractivity contribution in [3.05, 3.63) is 30.1 Å². The third-order valence-electron chi connectivity index (χ3n) is 3.57. The number of carbonyl (C=O) groups excluding carboxylic acids is 1. The van der Waals surface area contributed by atoms with E-state index >= 15 is 0 Å². The van der Waals surface area contributed by atoms with Crippen molar-refractivity contribution in [1.82, 2.24) is 15.2 Å². The highest BCUT2D eigenvalue weighted by molar-refractivity contribution is 5.70. The van der Waals surface area contributed by atoms with Gasteiger partial charge in [-0.05, 0) is 31.0 Å². The lowest BCUT2D eigenvalue weighted by Gasteiger charge is -2.31. The van der Waals surface area contributed by atoms with Crippen LogP contribution in [0.25, 0.3) is 0 Å². The summed E-state index contributed by atoms with van der Waals surface area (Å²) in [5.41, 5.74) is 0.729. The van der Waals surface area contributed by atoms with E-state index < -0.39 is 0 Å². The molecule has 1 unspecified atom stereocenters. The van der Waals surface area contributed by atoms with Crippen LogP contribution in [0.1, 0.15) is 18.4 Å². The molecule has 0 aliphatic carbocycles. The molecule has 2 saturated heterocycles. The second-order valence-electron chi connectivity index (χ2n) is 5.05. The summed E-state index contributed by atoms with van der Waals surface area (Å²) < 4.78 is 5.58. The van der Waals surface area contributed by atoms with Crippen LogP contribution in [0.2, 0.25) is 0 Å². The van der Waals surface area contributed by atoms with Gasteiger partial charge in [0, 0.05) is 18.9 Å². The van der Waals surface area contributed by atoms with E-state index in [1.54, 1.807) is 17.3 Å². The third kappa shape index (κ3) is 2.18. The SMILES string of the molecule is O=C1OC2(CCCNC2)CN1Cc1cccnc1. The number of amides is 1. The van der Waals surface area contributed by atoms with E-state index in [0.717, 1.165) is 31.5 Å². The summed E-state index contributed by atoms with van der Waals surface area (Å²) in [4.78, 5) is 17.7. The van der Waals surface area contributed by atoms with Gasteiger partial charge in [0.2, 0.25) is 0 Å². The molecule has 0 aromatic carbocycles. The molecule has 0 saturated carbocycles. The van der Waals surface area contributed by atoms with Crippen molar-refractivity contribution in [2.45, 2.75) is 25.0 Å². The normalized spacial score (nSPS) is 27.6. The zero-order valence-corrected chi connectivity index (χ0v) is 10.3. The summed E-state index contributed by atoms with van der Waals surface area (Å²) in [5, 5.41) is 3.31. The number of carbonyl (C=O) groups is 1. The van der Waals surface area contributed by atoms with Gasteiger partial charge in [-0.15, -0.1) is 0 Å². The molecule has 1 aromatic heterocycles. The molecule has 3 heterocycles. The van der Waals surface area contributed by atoms with Crippen LogP contribution in [0.15, 0.2) is 24.5 Å². The maximum Gasteiger partial charge on any atom is 0.410 e. The molecular formula is C13H17N3O2. The Balaban J connectivity index is 1.69. The Kier molecular flexibility index (Phi) is 2.91. The van der Waals surface area contributed by atoms with Crippen LogP contribution < -0.4 is 5.32 Å². The zero-order chi connectivity index (χ0) is 12.4. The number of piperidine rings is 1. The molecule has 2 fully saturated rings. The molecular weight excluding hydrogens is 230 g/mol. The van der Waals surface area contributed by atoms with Crippen LogP contribution in [0.3, 0.4) is 0 Å². The van der Waals surface area contributed by atoms with Crippen molar-refractivity contribution >= 4 is 6.09 Å². The molecule has 5 nitrogen and oxygen atoms in total. The van der Waals surface area contributed by atoms with Gasteiger partial charge in [0.15, 0.2) is 0 Å². The quantitative estimate of drug-likeness (QED) is 0.852. The average Bonchev–Trinajstić information content (AvgIpc) is 2.68. The largest absolute Gasteiger partial charge is 0.440 e. The number of aromatic nitrogens is 1. The van der Waals surface area contributed by atoms with E-state index in [1.165, 1.54) is 0 Å². The molecule has 0 radical (unpaired) electrons. The summed E-state index contributed by atoms with van der Waals surface area (Å²) in [6.07, 6.45) is 5.33. The van der Waals surface area contributed by atoms with Crippen molar-refractivity contribution in [3.63, 3.8) is 0 Å². The standard InChI is InChI=1S/C13H17N3O2/c17-12-16(8-11-3-1-5-14-7-11)10-13(18-12)4-2-6-15-9-13/h1,3,5,7,15H,2,4,6,8-10H2. The minimum atomic E-state index is -0.308. The van der Waals surface area contributed by atoms with Gasteiger partial charge in [0.25, 0.3) is 0 Å². The predicted octanol–water partition coefficient (Wildman–Crippen LogP) is 1.16. The number of pyridine rings is 1. The Morgan fingerprint density at radius 1 is 1.56 bits per heavy atom. The van der Waals surface area contributed by atoms with Crippen molar-refractivity contribution in [1.29, 1.82) is 0 Å². The molecule has 3 rings (SSSR count). The molecule has 1 aromatic rings. The lowest BCUT2D eigenvalue weighted by molar-refractivity contribution is 0.0366. The maximum atomic E-state index is 11.9. The number of hydrogen-bond acceptors (Lipinski definition) is 4. The van der Waals surface area contributed by atoms with E-state index in [1.807, 2.05) is 12.1 Å². The Bertz CT molecular complexity index is 429. The van der Waals surface area contributed by atoms with Gasteiger partial charge in [-0.25, -0.2) is 4.79 Å². The number of hydrogen-bond donors (Lipinski definition) is 1. The molecule has 0 bridgehead atoms. The highest BCUT2D eigenvalue weighted by atomic mass is 16.6. The fourth-order valence-electron chi connectivity index (χ4n) is 2.69. The van der Waals surface area contributed by atoms with E-state index in [2.05, 4.69) is 10.3 Å². The Labute approximate surface area is 106 Å². The van der Waals surface area contributed by atoms with Gasteiger partial charge < -0.3 is 10.1 Å². The monoisotopic (exact) mass is 247 g/mol. The van der Waals surface area contributed by atoms with Gasteiger partial charge in [0.05, 0.1) is 13.1 Å². The molecule has 1 spiro atoms. The van der Waals surface area contributed by atoms with Gasteiger partial charge in [-0.1, -0.05) is 6.07 Å². The topological polar surface area (TPSA) is 54.5 Å². The van der Waals surface area contributed by atoms with Gasteiger partial charge in [0.1, 0.15) is 5.60 Å². The molecule has 2 aliphatic heterocycles. The molecule has 18 heavy (non-hydrogen) atoms. The molecule has 1 atom stereocenters. The van der Waals surface area contributed by atoms with Gasteiger partial charge in [-0.3, -0.25) is 9.88 Å². The number of ether oxygens (including phenoxy) is 1. The Hall–Kier alpha value is -1.62. The van der Waals surface area contributed by atoms with E-state index in [-0.39, 0.29) is 11.7 Å². The van der Waals surface area contributed by atoms with E-state index in [0.29, 0.717) is 13.1 Å². The van der Waals surface area contributed by atoms with E-state index in [9.17, 15) is 4.79 Å². The number of rotatable bonds is 2. The lowest BCUT2D eigenvalue weighted by Crippen LogP contribution is -2.48. The first-order valence-electron chi connectivity index (χ1n) is 6.35. The predicted molar refractivity (Wildman–Crippen MR) is 66.0 cm³/mol. The molecule has 96 valence electrons. The maximum absolute atomic E-state index is 11.9. The van der Waals surface area contributed by atoms with Crippen molar-refractivity contribution < 1.29 is 9.53 Å². The van der Waals surface area contributed by atoms with Crippen molar-refractivity contribution in [2.75, 3.05) is 19.6 Å². The van der Waals surface area contributed by atoms with Crippen LogP contribution >= 0.6 is 0 Å². The highest BCUT2D eigenvalue weighted by Gasteiger charge is 2.45. The summed E-state index contributed by atoms with van der Waals surface area (Å²) in [6, 6.07) is 3.86. The lowest BCUT2D eigenvalue weighted by atomic mass is 9.94. The fourth-order valence-corrected chi connectivity index (χ4v) is 2.69. The van der Waals surface area contributed by atoms with Crippen molar-refractivity contribution in [3.8, 4) is 0 Å². The summed E-state index contributed by atoms with van der Waals surface area (Å²) in [7, 11) is 0. The van der Waals surface area contributed by atoms with Crippen LogP contribution in [0.4, 0.5) is 4.79 Å². The average molecular weight is 247 g/mol. The first-order valence-corrected chi connectivity index (χ1v) is 6.35. The molecule has 1 amide bonds. The van der Waals surface area contributed by atoms with Crippen LogP contribution in [-0.2, 0) is 11.3 Å². The minimum Gasteiger partial charge on any atom is -0.440 e. The van der Waals surface area contributed by atoms with Crippen LogP contribution in [0, 0.1) is 0 Å². The summed E-state index contributed by atoms with van der Waals surface area (Å²) in [6.45, 7) is 3.03. The first kappa shape index (κ1) is 11.5. The van der Waals surface area contributed by atoms with Crippen LogP contribution in [0.5, 0.6) is 0 Å². The van der Waals surface area contributed by atoms with E-state index in [4.69, 9.17) is 4.74 Å². The molecule has 5 heteroatoms. The second-order valence-corrected chi connectivity index (χ2v) is 5.05. The second kappa shape index (κ2) is 4.57. The zero-order valence-electron chi connectivity index (χ0n) is 10.3. The smallest absolute Gasteiger partial charge is 0.410 e. The highest BCUT2D eigenvalue weighted by Crippen LogP contribution is 2.29. The Morgan fingerprint density at radius 2 is 2.50 bits per heavy atom. The summed E-state index contributed by atoms with van der Waals surface area (Å²) in [5.74, 6) is 0. The molecule has 2 aliphatic rings. The van der Waals surface area contributed by atoms with Gasteiger partial charge >= 0.3 is 6.09 Å². The fraction of sp³-hybridized carbons (Fsp3) is 0.538. The number of nitrogens with zero attached hydrogens (tertiary/aromatic N) is 2. The third-order valence-corrected chi connectivity index (χ3v) is 3.57. The molecule has 1 N–H and O–H groups in total. The van der Waals surface area contributed by atoms with Crippen molar-refractivity contribution in [2.24, 2.45) is 0 Å². The Morgan fingerprint density at radius 3 is 3.22 bits per heavy atom. The van der Waals surface area contributed by atoms with Gasteiger partial charge in [-0.2, -0.15) is 0 Å².